The van der Waals surface area contributed by atoms with E-state index in [4.69, 9.17) is 13.7 Å². The Labute approximate surface area is 190 Å². The highest BCUT2D eigenvalue weighted by Gasteiger charge is 2.39. The first-order valence-corrected chi connectivity index (χ1v) is 12.1. The van der Waals surface area contributed by atoms with Crippen LogP contribution in [0, 0.1) is 6.92 Å². The fraction of sp³-hybridized carbons (Fsp3) is 0.458. The third-order valence-corrected chi connectivity index (χ3v) is 6.35. The van der Waals surface area contributed by atoms with Crippen molar-refractivity contribution in [3.05, 3.63) is 65.7 Å². The van der Waals surface area contributed by atoms with E-state index in [1.54, 1.807) is 32.9 Å². The lowest BCUT2D eigenvalue weighted by Crippen LogP contribution is -2.42. The van der Waals surface area contributed by atoms with Crippen molar-refractivity contribution < 1.29 is 26.9 Å². The van der Waals surface area contributed by atoms with Gasteiger partial charge in [-0.15, -0.1) is 0 Å². The van der Waals surface area contributed by atoms with Crippen molar-refractivity contribution in [3.63, 3.8) is 0 Å². The number of aryl methyl sites for hydroxylation is 1. The highest BCUT2D eigenvalue weighted by molar-refractivity contribution is 7.86. The molecule has 1 aliphatic heterocycles. The summed E-state index contributed by atoms with van der Waals surface area (Å²) >= 11 is 0. The molecule has 8 heteroatoms. The summed E-state index contributed by atoms with van der Waals surface area (Å²) in [5.74, 6) is 0. The molecule has 2 atom stereocenters. The van der Waals surface area contributed by atoms with Gasteiger partial charge < -0.3 is 14.4 Å². The monoisotopic (exact) mass is 461 g/mol. The van der Waals surface area contributed by atoms with Crippen LogP contribution in [0.25, 0.3) is 0 Å². The van der Waals surface area contributed by atoms with Gasteiger partial charge >= 0.3 is 6.09 Å². The van der Waals surface area contributed by atoms with Crippen molar-refractivity contribution >= 4 is 16.2 Å². The molecule has 2 aromatic carbocycles. The normalized spacial score (nSPS) is 19.2. The summed E-state index contributed by atoms with van der Waals surface area (Å²) in [6.45, 7) is 7.79. The minimum absolute atomic E-state index is 0.0850. The molecule has 1 fully saturated rings. The van der Waals surface area contributed by atoms with Crippen LogP contribution < -0.4 is 0 Å². The van der Waals surface area contributed by atoms with E-state index in [-0.39, 0.29) is 17.6 Å². The number of rotatable bonds is 7. The number of benzene rings is 2. The van der Waals surface area contributed by atoms with Crippen LogP contribution in [-0.4, -0.2) is 50.3 Å². The average Bonchev–Trinajstić information content (AvgIpc) is 3.14. The topological polar surface area (TPSA) is 82.1 Å². The number of carbonyl (C=O) groups excluding carboxylic acids is 1. The number of carbonyl (C=O) groups is 1. The molecule has 32 heavy (non-hydrogen) atoms. The maximum Gasteiger partial charge on any atom is 0.410 e. The minimum Gasteiger partial charge on any atom is -0.444 e. The van der Waals surface area contributed by atoms with Gasteiger partial charge in [-0.3, -0.25) is 4.18 Å². The van der Waals surface area contributed by atoms with Crippen LogP contribution in [0.5, 0.6) is 0 Å². The van der Waals surface area contributed by atoms with Crippen LogP contribution in [0.15, 0.2) is 59.5 Å². The molecule has 1 heterocycles. The zero-order valence-electron chi connectivity index (χ0n) is 19.0. The maximum atomic E-state index is 12.8. The smallest absolute Gasteiger partial charge is 0.410 e. The SMILES string of the molecule is Cc1ccc(S(=O)(=O)OCC2C[C@@H](OCc3ccccc3)CN2C(=O)OC(C)(C)C)cc1. The molecule has 7 nitrogen and oxygen atoms in total. The summed E-state index contributed by atoms with van der Waals surface area (Å²) in [5.41, 5.74) is 1.31. The largest absolute Gasteiger partial charge is 0.444 e. The van der Waals surface area contributed by atoms with E-state index < -0.39 is 27.9 Å². The molecule has 0 saturated carbocycles. The van der Waals surface area contributed by atoms with E-state index in [1.807, 2.05) is 37.3 Å². The summed E-state index contributed by atoms with van der Waals surface area (Å²) in [4.78, 5) is 14.4. The Morgan fingerprint density at radius 2 is 1.72 bits per heavy atom. The minimum atomic E-state index is -3.94. The molecule has 174 valence electrons. The number of likely N-dealkylation sites (tertiary alicyclic amines) is 1. The first-order chi connectivity index (χ1) is 15.0. The quantitative estimate of drug-likeness (QED) is 0.572. The van der Waals surface area contributed by atoms with Crippen molar-refractivity contribution in [1.29, 1.82) is 0 Å². The van der Waals surface area contributed by atoms with Crippen LogP contribution in [0.3, 0.4) is 0 Å². The summed E-state index contributed by atoms with van der Waals surface area (Å²) in [7, 11) is -3.94. The highest BCUT2D eigenvalue weighted by atomic mass is 32.2. The molecule has 1 saturated heterocycles. The molecule has 0 bridgehead atoms. The van der Waals surface area contributed by atoms with Crippen molar-refractivity contribution in [2.24, 2.45) is 0 Å². The van der Waals surface area contributed by atoms with Crippen molar-refractivity contribution in [3.8, 4) is 0 Å². The van der Waals surface area contributed by atoms with Gasteiger partial charge in [0.15, 0.2) is 0 Å². The summed E-state index contributed by atoms with van der Waals surface area (Å²) in [5, 5.41) is 0. The van der Waals surface area contributed by atoms with Crippen LogP contribution >= 0.6 is 0 Å². The molecule has 0 aliphatic carbocycles. The van der Waals surface area contributed by atoms with Crippen LogP contribution in [0.4, 0.5) is 4.79 Å². The fourth-order valence-electron chi connectivity index (χ4n) is 3.43. The van der Waals surface area contributed by atoms with E-state index in [1.165, 1.54) is 17.0 Å². The number of ether oxygens (including phenoxy) is 2. The molecule has 0 N–H and O–H groups in total. The Morgan fingerprint density at radius 3 is 2.34 bits per heavy atom. The zero-order chi connectivity index (χ0) is 23.4. The zero-order valence-corrected chi connectivity index (χ0v) is 19.8. The highest BCUT2D eigenvalue weighted by Crippen LogP contribution is 2.26. The number of amides is 1. The lowest BCUT2D eigenvalue weighted by Gasteiger charge is -2.28. The van der Waals surface area contributed by atoms with E-state index in [0.717, 1.165) is 11.1 Å². The molecule has 0 aromatic heterocycles. The van der Waals surface area contributed by atoms with Crippen LogP contribution in [0.1, 0.15) is 38.3 Å². The van der Waals surface area contributed by atoms with Gasteiger partial charge in [0.2, 0.25) is 0 Å². The maximum absolute atomic E-state index is 12.8. The van der Waals surface area contributed by atoms with Gasteiger partial charge in [-0.2, -0.15) is 8.42 Å². The van der Waals surface area contributed by atoms with E-state index in [2.05, 4.69) is 0 Å². The summed E-state index contributed by atoms with van der Waals surface area (Å²) < 4.78 is 42.1. The molecule has 1 amide bonds. The standard InChI is InChI=1S/C24H31NO6S/c1-18-10-12-22(13-11-18)32(27,28)30-17-20-14-21(29-16-19-8-6-5-7-9-19)15-25(20)23(26)31-24(2,3)4/h5-13,20-21H,14-17H2,1-4H3/t20?,21-/m1/s1. The molecule has 0 radical (unpaired) electrons. The second kappa shape index (κ2) is 10.0. The Kier molecular flexibility index (Phi) is 7.59. The summed E-state index contributed by atoms with van der Waals surface area (Å²) in [6.07, 6.45) is -0.307. The van der Waals surface area contributed by atoms with E-state index >= 15 is 0 Å². The predicted octanol–water partition coefficient (Wildman–Crippen LogP) is 4.30. The lowest BCUT2D eigenvalue weighted by atomic mass is 10.2. The Hall–Kier alpha value is -2.42. The second-order valence-corrected chi connectivity index (χ2v) is 10.6. The average molecular weight is 462 g/mol. The molecular weight excluding hydrogens is 430 g/mol. The van der Waals surface area contributed by atoms with Crippen LogP contribution in [-0.2, 0) is 30.4 Å². The van der Waals surface area contributed by atoms with Gasteiger partial charge in [0.25, 0.3) is 10.1 Å². The molecular formula is C24H31NO6S. The Morgan fingerprint density at radius 1 is 1.06 bits per heavy atom. The van der Waals surface area contributed by atoms with Gasteiger partial charge in [-0.05, 0) is 51.8 Å². The number of hydrogen-bond donors (Lipinski definition) is 0. The van der Waals surface area contributed by atoms with E-state index in [9.17, 15) is 13.2 Å². The van der Waals surface area contributed by atoms with Gasteiger partial charge in [-0.1, -0.05) is 48.0 Å². The fourth-order valence-corrected chi connectivity index (χ4v) is 4.37. The molecule has 0 spiro atoms. The second-order valence-electron chi connectivity index (χ2n) is 8.99. The predicted molar refractivity (Wildman–Crippen MR) is 121 cm³/mol. The van der Waals surface area contributed by atoms with Gasteiger partial charge in [0, 0.05) is 0 Å². The van der Waals surface area contributed by atoms with Crippen molar-refractivity contribution in [2.45, 2.75) is 63.4 Å². The molecule has 3 rings (SSSR count). The first-order valence-electron chi connectivity index (χ1n) is 10.6. The van der Waals surface area contributed by atoms with Gasteiger partial charge in [0.1, 0.15) is 5.60 Å². The molecule has 1 aliphatic rings. The number of nitrogens with zero attached hydrogens (tertiary/aromatic N) is 1. The molecule has 2 aromatic rings. The van der Waals surface area contributed by atoms with E-state index in [0.29, 0.717) is 19.6 Å². The van der Waals surface area contributed by atoms with Crippen LogP contribution in [0.2, 0.25) is 0 Å². The molecule has 1 unspecified atom stereocenters. The number of hydrogen-bond acceptors (Lipinski definition) is 6. The summed E-state index contributed by atoms with van der Waals surface area (Å²) in [6, 6.07) is 15.7. The first kappa shape index (κ1) is 24.2. The lowest BCUT2D eigenvalue weighted by molar-refractivity contribution is 0.0128. The Bertz CT molecular complexity index is 999. The van der Waals surface area contributed by atoms with Crippen molar-refractivity contribution in [2.75, 3.05) is 13.2 Å². The third kappa shape index (κ3) is 6.79. The van der Waals surface area contributed by atoms with Gasteiger partial charge in [0.05, 0.1) is 36.8 Å². The van der Waals surface area contributed by atoms with Gasteiger partial charge in [-0.25, -0.2) is 4.79 Å². The third-order valence-electron chi connectivity index (χ3n) is 5.06. The van der Waals surface area contributed by atoms with Crippen molar-refractivity contribution in [1.82, 2.24) is 4.90 Å². The Balaban J connectivity index is 1.68.